The van der Waals surface area contributed by atoms with Crippen molar-refractivity contribution in [3.05, 3.63) is 64.3 Å². The highest BCUT2D eigenvalue weighted by Crippen LogP contribution is 2.17. The maximum Gasteiger partial charge on any atom is 0.263 e. The number of pyridine rings is 2. The first kappa shape index (κ1) is 18.8. The van der Waals surface area contributed by atoms with E-state index in [2.05, 4.69) is 15.6 Å². The summed E-state index contributed by atoms with van der Waals surface area (Å²) in [7, 11) is 0. The van der Waals surface area contributed by atoms with E-state index in [0.29, 0.717) is 5.69 Å². The monoisotopic (exact) mass is 368 g/mol. The Bertz CT molecular complexity index is 857. The Morgan fingerprint density at radius 3 is 2.70 bits per heavy atom. The van der Waals surface area contributed by atoms with E-state index in [1.54, 1.807) is 25.3 Å². The molecule has 2 N–H and O–H groups in total. The van der Waals surface area contributed by atoms with Gasteiger partial charge in [0.15, 0.2) is 0 Å². The van der Waals surface area contributed by atoms with Crippen LogP contribution in [0.15, 0.2) is 47.5 Å². The summed E-state index contributed by atoms with van der Waals surface area (Å²) in [4.78, 5) is 41.5. The Labute approximate surface area is 157 Å². The lowest BCUT2D eigenvalue weighted by Gasteiger charge is -2.15. The van der Waals surface area contributed by atoms with E-state index in [-0.39, 0.29) is 30.1 Å². The number of aromatic nitrogens is 2. The number of hydrogen-bond donors (Lipinski definition) is 2. The molecule has 2 heterocycles. The predicted molar refractivity (Wildman–Crippen MR) is 101 cm³/mol. The number of nitrogens with zero attached hydrogens (tertiary/aromatic N) is 2. The van der Waals surface area contributed by atoms with Gasteiger partial charge in [0.05, 0.1) is 11.7 Å². The molecule has 1 atom stereocenters. The molecule has 27 heavy (non-hydrogen) atoms. The van der Waals surface area contributed by atoms with Crippen molar-refractivity contribution in [1.82, 2.24) is 20.2 Å². The Hall–Kier alpha value is -2.96. The average molecular weight is 368 g/mol. The molecule has 2 aromatic heterocycles. The molecule has 142 valence electrons. The van der Waals surface area contributed by atoms with Gasteiger partial charge in [-0.3, -0.25) is 19.4 Å². The van der Waals surface area contributed by atoms with Crippen molar-refractivity contribution < 1.29 is 9.59 Å². The zero-order valence-corrected chi connectivity index (χ0v) is 15.4. The minimum Gasteiger partial charge on any atom is -0.352 e. The first-order chi connectivity index (χ1) is 13.0. The molecule has 1 aliphatic carbocycles. The van der Waals surface area contributed by atoms with E-state index in [0.717, 1.165) is 25.7 Å². The topological polar surface area (TPSA) is 93.1 Å². The van der Waals surface area contributed by atoms with Crippen LogP contribution in [-0.4, -0.2) is 27.4 Å². The molecule has 2 amide bonds. The van der Waals surface area contributed by atoms with Crippen LogP contribution in [0.5, 0.6) is 0 Å². The van der Waals surface area contributed by atoms with E-state index in [1.165, 1.54) is 16.8 Å². The van der Waals surface area contributed by atoms with Crippen LogP contribution >= 0.6 is 0 Å². The second-order valence-electron chi connectivity index (χ2n) is 6.85. The van der Waals surface area contributed by atoms with E-state index in [1.807, 2.05) is 12.1 Å². The molecule has 2 aromatic rings. The van der Waals surface area contributed by atoms with Crippen LogP contribution in [0, 0.1) is 0 Å². The van der Waals surface area contributed by atoms with Gasteiger partial charge in [0.25, 0.3) is 11.5 Å². The number of amides is 2. The summed E-state index contributed by atoms with van der Waals surface area (Å²) in [6.45, 7) is 1.71. The van der Waals surface area contributed by atoms with Crippen LogP contribution < -0.4 is 16.2 Å². The van der Waals surface area contributed by atoms with Gasteiger partial charge in [-0.1, -0.05) is 18.9 Å². The molecule has 1 saturated carbocycles. The summed E-state index contributed by atoms with van der Waals surface area (Å²) in [6, 6.07) is 8.37. The second-order valence-corrected chi connectivity index (χ2v) is 6.85. The smallest absolute Gasteiger partial charge is 0.263 e. The molecule has 0 saturated heterocycles. The molecule has 0 aliphatic heterocycles. The van der Waals surface area contributed by atoms with Crippen LogP contribution in [0.2, 0.25) is 0 Å². The summed E-state index contributed by atoms with van der Waals surface area (Å²) in [5.41, 5.74) is 0.233. The van der Waals surface area contributed by atoms with Gasteiger partial charge in [0.1, 0.15) is 12.1 Å². The van der Waals surface area contributed by atoms with E-state index >= 15 is 0 Å². The molecule has 1 fully saturated rings. The van der Waals surface area contributed by atoms with Gasteiger partial charge in [-0.25, -0.2) is 0 Å². The predicted octanol–water partition coefficient (Wildman–Crippen LogP) is 1.79. The van der Waals surface area contributed by atoms with Gasteiger partial charge < -0.3 is 15.2 Å². The lowest BCUT2D eigenvalue weighted by molar-refractivity contribution is -0.122. The fraction of sp³-hybridized carbons (Fsp3) is 0.400. The van der Waals surface area contributed by atoms with Gasteiger partial charge >= 0.3 is 0 Å². The third-order valence-electron chi connectivity index (χ3n) is 4.78. The SMILES string of the molecule is C[C@@H](NC(=O)c1cccn(CC(=O)NC2CCCC2)c1=O)c1ccccn1. The minimum atomic E-state index is -0.483. The molecular weight excluding hydrogens is 344 g/mol. The van der Waals surface area contributed by atoms with Gasteiger partial charge in [-0.15, -0.1) is 0 Å². The van der Waals surface area contributed by atoms with E-state index in [4.69, 9.17) is 0 Å². The lowest BCUT2D eigenvalue weighted by Crippen LogP contribution is -2.39. The molecule has 0 bridgehead atoms. The van der Waals surface area contributed by atoms with Crippen molar-refractivity contribution in [1.29, 1.82) is 0 Å². The molecular formula is C20H24N4O3. The van der Waals surface area contributed by atoms with Crippen molar-refractivity contribution in [2.24, 2.45) is 0 Å². The van der Waals surface area contributed by atoms with Gasteiger partial charge in [0, 0.05) is 18.4 Å². The third kappa shape index (κ3) is 4.81. The summed E-state index contributed by atoms with van der Waals surface area (Å²) >= 11 is 0. The van der Waals surface area contributed by atoms with Gasteiger partial charge in [-0.2, -0.15) is 0 Å². The maximum atomic E-state index is 12.6. The van der Waals surface area contributed by atoms with Crippen LogP contribution in [0.1, 0.15) is 54.7 Å². The summed E-state index contributed by atoms with van der Waals surface area (Å²) < 4.78 is 1.27. The summed E-state index contributed by atoms with van der Waals surface area (Å²) in [5.74, 6) is -0.688. The molecule has 3 rings (SSSR count). The number of hydrogen-bond acceptors (Lipinski definition) is 4. The Kier molecular flexibility index (Phi) is 6.01. The van der Waals surface area contributed by atoms with Gasteiger partial charge in [-0.05, 0) is 44.0 Å². The minimum absolute atomic E-state index is 0.00828. The zero-order valence-electron chi connectivity index (χ0n) is 15.4. The quantitative estimate of drug-likeness (QED) is 0.813. The van der Waals surface area contributed by atoms with Crippen LogP contribution in [0.3, 0.4) is 0 Å². The maximum absolute atomic E-state index is 12.6. The molecule has 1 aliphatic rings. The fourth-order valence-corrected chi connectivity index (χ4v) is 3.31. The standard InChI is InChI=1S/C20H24N4O3/c1-14(17-10-4-5-11-21-17)22-19(26)16-9-6-12-24(20(16)27)13-18(25)23-15-7-2-3-8-15/h4-6,9-12,14-15H,2-3,7-8,13H2,1H3,(H,22,26)(H,23,25)/t14-/m1/s1. The number of nitrogens with one attached hydrogen (secondary N) is 2. The molecule has 7 heteroatoms. The Morgan fingerprint density at radius 2 is 2.00 bits per heavy atom. The first-order valence-corrected chi connectivity index (χ1v) is 9.25. The van der Waals surface area contributed by atoms with E-state index in [9.17, 15) is 14.4 Å². The largest absolute Gasteiger partial charge is 0.352 e. The molecule has 0 unspecified atom stereocenters. The van der Waals surface area contributed by atoms with Gasteiger partial charge in [0.2, 0.25) is 5.91 Å². The third-order valence-corrected chi connectivity index (χ3v) is 4.78. The number of carbonyl (C=O) groups excluding carboxylic acids is 2. The lowest BCUT2D eigenvalue weighted by atomic mass is 10.2. The normalized spacial score (nSPS) is 15.3. The molecule has 0 spiro atoms. The molecule has 0 aromatic carbocycles. The Morgan fingerprint density at radius 1 is 1.22 bits per heavy atom. The van der Waals surface area contributed by atoms with Crippen LogP contribution in [0.25, 0.3) is 0 Å². The highest BCUT2D eigenvalue weighted by Gasteiger charge is 2.19. The van der Waals surface area contributed by atoms with Crippen molar-refractivity contribution in [3.63, 3.8) is 0 Å². The van der Waals surface area contributed by atoms with Crippen molar-refractivity contribution in [3.8, 4) is 0 Å². The highest BCUT2D eigenvalue weighted by molar-refractivity contribution is 5.94. The molecule has 0 radical (unpaired) electrons. The fourth-order valence-electron chi connectivity index (χ4n) is 3.31. The first-order valence-electron chi connectivity index (χ1n) is 9.25. The second kappa shape index (κ2) is 8.62. The number of carbonyl (C=O) groups is 2. The summed E-state index contributed by atoms with van der Waals surface area (Å²) in [5, 5.41) is 5.73. The van der Waals surface area contributed by atoms with Crippen LogP contribution in [0.4, 0.5) is 0 Å². The zero-order chi connectivity index (χ0) is 19.2. The summed E-state index contributed by atoms with van der Waals surface area (Å²) in [6.07, 6.45) is 7.37. The van der Waals surface area contributed by atoms with Crippen molar-refractivity contribution >= 4 is 11.8 Å². The highest BCUT2D eigenvalue weighted by atomic mass is 16.2. The van der Waals surface area contributed by atoms with Crippen molar-refractivity contribution in [2.75, 3.05) is 0 Å². The van der Waals surface area contributed by atoms with Crippen LogP contribution in [-0.2, 0) is 11.3 Å². The molecule has 7 nitrogen and oxygen atoms in total. The average Bonchev–Trinajstić information content (AvgIpc) is 3.17. The Balaban J connectivity index is 1.67. The number of rotatable bonds is 6. The van der Waals surface area contributed by atoms with E-state index < -0.39 is 11.5 Å². The van der Waals surface area contributed by atoms with Crippen molar-refractivity contribution in [2.45, 2.75) is 51.2 Å².